The SMILES string of the molecule is C/C=C\C=C/c1ccc(C2CCCCC2)cc1C.CNC. The molecule has 0 saturated heterocycles. The van der Waals surface area contributed by atoms with Gasteiger partial charge in [0, 0.05) is 0 Å². The number of nitrogens with one attached hydrogen (secondary N) is 1. The van der Waals surface area contributed by atoms with Crippen LogP contribution >= 0.6 is 0 Å². The maximum atomic E-state index is 2.75. The number of hydrogen-bond donors (Lipinski definition) is 1. The maximum Gasteiger partial charge on any atom is -0.0162 e. The normalized spacial score (nSPS) is 16.2. The summed E-state index contributed by atoms with van der Waals surface area (Å²) in [6, 6.07) is 7.00. The Kier molecular flexibility index (Phi) is 8.77. The summed E-state index contributed by atoms with van der Waals surface area (Å²) in [4.78, 5) is 0. The van der Waals surface area contributed by atoms with Gasteiger partial charge in [-0.05, 0) is 63.4 Å². The Morgan fingerprint density at radius 1 is 1.05 bits per heavy atom. The van der Waals surface area contributed by atoms with Crippen molar-refractivity contribution in [2.45, 2.75) is 51.9 Å². The molecule has 0 aliphatic heterocycles. The molecule has 0 spiro atoms. The molecular formula is C20H31N. The Morgan fingerprint density at radius 2 is 1.71 bits per heavy atom. The van der Waals surface area contributed by atoms with E-state index < -0.39 is 0 Å². The summed E-state index contributed by atoms with van der Waals surface area (Å²) in [6.07, 6.45) is 15.5. The summed E-state index contributed by atoms with van der Waals surface area (Å²) in [5.41, 5.74) is 4.29. The number of hydrogen-bond acceptors (Lipinski definition) is 1. The molecular weight excluding hydrogens is 254 g/mol. The van der Waals surface area contributed by atoms with Crippen LogP contribution in [-0.4, -0.2) is 14.1 Å². The quantitative estimate of drug-likeness (QED) is 0.726. The molecule has 1 saturated carbocycles. The molecule has 1 aliphatic carbocycles. The summed E-state index contributed by atoms with van der Waals surface area (Å²) in [5.74, 6) is 0.811. The van der Waals surface area contributed by atoms with E-state index in [0.29, 0.717) is 0 Å². The zero-order valence-corrected chi connectivity index (χ0v) is 14.2. The van der Waals surface area contributed by atoms with Gasteiger partial charge in [0.1, 0.15) is 0 Å². The maximum absolute atomic E-state index is 2.75. The van der Waals surface area contributed by atoms with Crippen LogP contribution < -0.4 is 5.32 Å². The van der Waals surface area contributed by atoms with Crippen molar-refractivity contribution in [2.75, 3.05) is 14.1 Å². The highest BCUT2D eigenvalue weighted by Gasteiger charge is 2.15. The first-order valence-electron chi connectivity index (χ1n) is 8.21. The number of benzene rings is 1. The number of allylic oxidation sites excluding steroid dienone is 3. The van der Waals surface area contributed by atoms with Crippen LogP contribution in [0.15, 0.2) is 36.4 Å². The molecule has 1 N–H and O–H groups in total. The lowest BCUT2D eigenvalue weighted by atomic mass is 9.83. The van der Waals surface area contributed by atoms with Gasteiger partial charge >= 0.3 is 0 Å². The van der Waals surface area contributed by atoms with Gasteiger partial charge in [-0.1, -0.05) is 61.8 Å². The second kappa shape index (κ2) is 10.4. The fourth-order valence-corrected chi connectivity index (χ4v) is 2.85. The molecule has 1 aromatic rings. The lowest BCUT2D eigenvalue weighted by molar-refractivity contribution is 0.443. The van der Waals surface area contributed by atoms with E-state index in [-0.39, 0.29) is 0 Å². The summed E-state index contributed by atoms with van der Waals surface area (Å²) < 4.78 is 0. The molecule has 0 aromatic heterocycles. The molecule has 1 aliphatic rings. The highest BCUT2D eigenvalue weighted by atomic mass is 14.7. The Morgan fingerprint density at radius 3 is 2.29 bits per heavy atom. The van der Waals surface area contributed by atoms with Crippen LogP contribution in [-0.2, 0) is 0 Å². The van der Waals surface area contributed by atoms with Gasteiger partial charge < -0.3 is 5.32 Å². The first kappa shape index (κ1) is 17.7. The van der Waals surface area contributed by atoms with E-state index >= 15 is 0 Å². The molecule has 0 unspecified atom stereocenters. The van der Waals surface area contributed by atoms with E-state index in [0.717, 1.165) is 5.92 Å². The average Bonchev–Trinajstić information content (AvgIpc) is 2.51. The van der Waals surface area contributed by atoms with Crippen LogP contribution in [0.4, 0.5) is 0 Å². The van der Waals surface area contributed by atoms with Crippen LogP contribution in [0.3, 0.4) is 0 Å². The molecule has 0 atom stereocenters. The highest BCUT2D eigenvalue weighted by molar-refractivity contribution is 5.56. The van der Waals surface area contributed by atoms with Crippen LogP contribution in [0, 0.1) is 6.92 Å². The lowest BCUT2D eigenvalue weighted by Crippen LogP contribution is -2.04. The van der Waals surface area contributed by atoms with Gasteiger partial charge in [0.2, 0.25) is 0 Å². The van der Waals surface area contributed by atoms with E-state index in [1.807, 2.05) is 21.0 Å². The van der Waals surface area contributed by atoms with Crippen molar-refractivity contribution >= 4 is 6.08 Å². The first-order valence-corrected chi connectivity index (χ1v) is 8.21. The summed E-state index contributed by atoms with van der Waals surface area (Å²) in [7, 11) is 3.75. The smallest absolute Gasteiger partial charge is 0.0162 e. The molecule has 0 bridgehead atoms. The second-order valence-corrected chi connectivity index (χ2v) is 5.84. The van der Waals surface area contributed by atoms with Crippen molar-refractivity contribution in [3.05, 3.63) is 53.1 Å². The second-order valence-electron chi connectivity index (χ2n) is 5.84. The highest BCUT2D eigenvalue weighted by Crippen LogP contribution is 2.33. The fraction of sp³-hybridized carbons (Fsp3) is 0.500. The summed E-state index contributed by atoms with van der Waals surface area (Å²) >= 11 is 0. The van der Waals surface area contributed by atoms with Crippen LogP contribution in [0.25, 0.3) is 6.08 Å². The zero-order chi connectivity index (χ0) is 15.5. The van der Waals surface area contributed by atoms with Gasteiger partial charge in [-0.25, -0.2) is 0 Å². The van der Waals surface area contributed by atoms with Gasteiger partial charge in [-0.3, -0.25) is 0 Å². The number of rotatable bonds is 3. The van der Waals surface area contributed by atoms with Crippen LogP contribution in [0.5, 0.6) is 0 Å². The molecule has 21 heavy (non-hydrogen) atoms. The predicted molar refractivity (Wildman–Crippen MR) is 95.8 cm³/mol. The van der Waals surface area contributed by atoms with Crippen LogP contribution in [0.2, 0.25) is 0 Å². The third-order valence-electron chi connectivity index (χ3n) is 3.95. The predicted octanol–water partition coefficient (Wildman–Crippen LogP) is 5.47. The van der Waals surface area contributed by atoms with E-state index in [1.165, 1.54) is 43.2 Å². The van der Waals surface area contributed by atoms with Gasteiger partial charge in [-0.15, -0.1) is 0 Å². The molecule has 1 fully saturated rings. The van der Waals surface area contributed by atoms with Gasteiger partial charge in [0.25, 0.3) is 0 Å². The summed E-state index contributed by atoms with van der Waals surface area (Å²) in [5, 5.41) is 2.75. The van der Waals surface area contributed by atoms with Crippen LogP contribution in [0.1, 0.15) is 61.6 Å². The molecule has 116 valence electrons. The molecule has 1 nitrogen and oxygen atoms in total. The Bertz CT molecular complexity index is 451. The molecule has 0 radical (unpaired) electrons. The van der Waals surface area contributed by atoms with E-state index in [9.17, 15) is 0 Å². The molecule has 2 rings (SSSR count). The van der Waals surface area contributed by atoms with Crippen molar-refractivity contribution in [1.29, 1.82) is 0 Å². The Labute approximate surface area is 131 Å². The topological polar surface area (TPSA) is 12.0 Å². The molecule has 1 heteroatoms. The van der Waals surface area contributed by atoms with Gasteiger partial charge in [0.15, 0.2) is 0 Å². The van der Waals surface area contributed by atoms with Crippen molar-refractivity contribution in [3.8, 4) is 0 Å². The largest absolute Gasteiger partial charge is 0.323 e. The average molecular weight is 285 g/mol. The molecule has 1 aromatic carbocycles. The monoisotopic (exact) mass is 285 g/mol. The third kappa shape index (κ3) is 6.31. The molecule has 0 amide bonds. The Hall–Kier alpha value is -1.34. The minimum atomic E-state index is 0.811. The lowest BCUT2D eigenvalue weighted by Gasteiger charge is -2.22. The third-order valence-corrected chi connectivity index (χ3v) is 3.95. The minimum absolute atomic E-state index is 0.811. The van der Waals surface area contributed by atoms with E-state index in [1.54, 1.807) is 5.56 Å². The minimum Gasteiger partial charge on any atom is -0.323 e. The number of aryl methyl sites for hydroxylation is 1. The Balaban J connectivity index is 0.000000677. The first-order chi connectivity index (χ1) is 10.2. The fourth-order valence-electron chi connectivity index (χ4n) is 2.85. The van der Waals surface area contributed by atoms with Crippen molar-refractivity contribution in [2.24, 2.45) is 0 Å². The van der Waals surface area contributed by atoms with E-state index in [2.05, 4.69) is 54.7 Å². The van der Waals surface area contributed by atoms with E-state index in [4.69, 9.17) is 0 Å². The molecule has 0 heterocycles. The zero-order valence-electron chi connectivity index (χ0n) is 14.2. The standard InChI is InChI=1S/C18H24.C2H7N/c1-3-4-6-9-16-12-13-18(14-15(16)2)17-10-7-5-8-11-17;1-3-2/h3-4,6,9,12-14,17H,5,7-8,10-11H2,1-2H3;3H,1-2H3/b4-3-,9-6-;. The summed E-state index contributed by atoms with van der Waals surface area (Å²) in [6.45, 7) is 4.27. The van der Waals surface area contributed by atoms with Crippen molar-refractivity contribution < 1.29 is 0 Å². The van der Waals surface area contributed by atoms with Gasteiger partial charge in [-0.2, -0.15) is 0 Å². The van der Waals surface area contributed by atoms with Crippen molar-refractivity contribution in [3.63, 3.8) is 0 Å². The van der Waals surface area contributed by atoms with Gasteiger partial charge in [0.05, 0.1) is 0 Å². The van der Waals surface area contributed by atoms with Crippen molar-refractivity contribution in [1.82, 2.24) is 5.32 Å².